The molecule has 0 radical (unpaired) electrons. The normalized spacial score (nSPS) is 12.9. The number of aromatic nitrogens is 3. The zero-order valence-electron chi connectivity index (χ0n) is 15.1. The summed E-state index contributed by atoms with van der Waals surface area (Å²) >= 11 is 7.47. The van der Waals surface area contributed by atoms with Gasteiger partial charge in [-0.2, -0.15) is 13.2 Å². The minimum Gasteiger partial charge on any atom is -0.311 e. The molecule has 0 atom stereocenters. The van der Waals surface area contributed by atoms with Crippen LogP contribution in [-0.2, 0) is 23.1 Å². The summed E-state index contributed by atoms with van der Waals surface area (Å²) in [5, 5.41) is 0.681. The van der Waals surface area contributed by atoms with Gasteiger partial charge in [-0.3, -0.25) is 0 Å². The van der Waals surface area contributed by atoms with E-state index in [0.717, 1.165) is 12.3 Å². The number of hydrogen-bond donors (Lipinski definition) is 0. The van der Waals surface area contributed by atoms with Crippen LogP contribution in [0.1, 0.15) is 12.5 Å². The van der Waals surface area contributed by atoms with Crippen LogP contribution in [0.25, 0.3) is 32.0 Å². The second kappa shape index (κ2) is 6.68. The first-order chi connectivity index (χ1) is 13.5. The molecule has 0 saturated carbocycles. The molecule has 0 unspecified atom stereocenters. The van der Waals surface area contributed by atoms with Crippen molar-refractivity contribution in [2.45, 2.75) is 18.0 Å². The largest absolute Gasteiger partial charge is 0.417 e. The van der Waals surface area contributed by atoms with Crippen molar-refractivity contribution in [1.82, 2.24) is 14.5 Å². The van der Waals surface area contributed by atoms with E-state index in [1.807, 2.05) is 0 Å². The Morgan fingerprint density at radius 3 is 2.66 bits per heavy atom. The van der Waals surface area contributed by atoms with Crippen molar-refractivity contribution < 1.29 is 21.6 Å². The lowest BCUT2D eigenvalue weighted by Crippen LogP contribution is -2.06. The molecule has 152 valence electrons. The summed E-state index contributed by atoms with van der Waals surface area (Å²) in [5.74, 6) is 0.0633. The Labute approximate surface area is 172 Å². The molecule has 3 aromatic heterocycles. The molecule has 5 nitrogen and oxygen atoms in total. The third-order valence-corrected chi connectivity index (χ3v) is 7.94. The van der Waals surface area contributed by atoms with E-state index < -0.39 is 21.6 Å². The molecule has 0 aliphatic rings. The molecule has 0 spiro atoms. The van der Waals surface area contributed by atoms with Gasteiger partial charge >= 0.3 is 6.18 Å². The van der Waals surface area contributed by atoms with Crippen LogP contribution in [0.5, 0.6) is 0 Å². The van der Waals surface area contributed by atoms with Gasteiger partial charge in [-0.1, -0.05) is 24.6 Å². The summed E-state index contributed by atoms with van der Waals surface area (Å²) in [6.07, 6.45) is -3.82. The first kappa shape index (κ1) is 20.1. The highest BCUT2D eigenvalue weighted by Crippen LogP contribution is 2.44. The van der Waals surface area contributed by atoms with Gasteiger partial charge in [-0.25, -0.2) is 18.4 Å². The quantitative estimate of drug-likeness (QED) is 0.416. The van der Waals surface area contributed by atoms with Crippen molar-refractivity contribution in [3.8, 4) is 10.7 Å². The van der Waals surface area contributed by atoms with Crippen LogP contribution in [0.3, 0.4) is 0 Å². The number of pyridine rings is 1. The van der Waals surface area contributed by atoms with Gasteiger partial charge in [-0.05, 0) is 18.2 Å². The Morgan fingerprint density at radius 1 is 1.28 bits per heavy atom. The van der Waals surface area contributed by atoms with Crippen molar-refractivity contribution in [1.29, 1.82) is 0 Å². The minimum absolute atomic E-state index is 0.0284. The van der Waals surface area contributed by atoms with Crippen LogP contribution in [0, 0.1) is 0 Å². The number of alkyl halides is 3. The number of imidazole rings is 1. The van der Waals surface area contributed by atoms with Crippen LogP contribution < -0.4 is 0 Å². The third kappa shape index (κ3) is 3.19. The molecule has 0 amide bonds. The third-order valence-electron chi connectivity index (χ3n) is 4.55. The first-order valence-electron chi connectivity index (χ1n) is 8.38. The predicted molar refractivity (Wildman–Crippen MR) is 107 cm³/mol. The molecule has 0 aliphatic heterocycles. The number of aryl methyl sites for hydroxylation is 1. The Hall–Kier alpha value is -2.17. The van der Waals surface area contributed by atoms with Crippen molar-refractivity contribution in [2.75, 3.05) is 5.75 Å². The zero-order chi connectivity index (χ0) is 21.1. The molecular formula is C18H13ClF3N3O2S2. The number of fused-ring (bicyclic) bond motifs is 2. The van der Waals surface area contributed by atoms with Crippen LogP contribution >= 0.6 is 22.9 Å². The van der Waals surface area contributed by atoms with E-state index in [1.54, 1.807) is 25.2 Å². The molecule has 29 heavy (non-hydrogen) atoms. The molecule has 0 bridgehead atoms. The lowest BCUT2D eigenvalue weighted by atomic mass is 10.2. The average Bonchev–Trinajstić information content (AvgIpc) is 3.20. The molecular weight excluding hydrogens is 447 g/mol. The second-order valence-electron chi connectivity index (χ2n) is 6.34. The van der Waals surface area contributed by atoms with Gasteiger partial charge in [-0.15, -0.1) is 11.3 Å². The molecule has 11 heteroatoms. The number of sulfone groups is 1. The van der Waals surface area contributed by atoms with Gasteiger partial charge < -0.3 is 4.57 Å². The topological polar surface area (TPSA) is 64.8 Å². The molecule has 0 N–H and O–H groups in total. The lowest BCUT2D eigenvalue weighted by molar-refractivity contribution is -0.137. The van der Waals surface area contributed by atoms with E-state index >= 15 is 0 Å². The standard InChI is InChI=1S/C18H13ClF3N3O2S2/c1-3-29(26,27)15-13-10(19)5-4-6-12(13)28-14(15)17-24-11-7-9(18(20,21)22)8-23-16(11)25(17)2/h4-8H,3H2,1-2H3. The maximum absolute atomic E-state index is 13.0. The number of hydrogen-bond acceptors (Lipinski definition) is 5. The Kier molecular flexibility index (Phi) is 4.63. The van der Waals surface area contributed by atoms with Gasteiger partial charge in [0.05, 0.1) is 26.1 Å². The van der Waals surface area contributed by atoms with Gasteiger partial charge in [0.25, 0.3) is 0 Å². The maximum Gasteiger partial charge on any atom is 0.417 e. The number of nitrogens with zero attached hydrogens (tertiary/aromatic N) is 3. The Morgan fingerprint density at radius 2 is 2.00 bits per heavy atom. The molecule has 3 heterocycles. The monoisotopic (exact) mass is 459 g/mol. The fourth-order valence-electron chi connectivity index (χ4n) is 3.10. The van der Waals surface area contributed by atoms with E-state index in [1.165, 1.54) is 22.8 Å². The molecule has 1 aromatic carbocycles. The number of rotatable bonds is 3. The molecule has 0 aliphatic carbocycles. The van der Waals surface area contributed by atoms with Crippen LogP contribution in [0.15, 0.2) is 35.4 Å². The fourth-order valence-corrected chi connectivity index (χ4v) is 6.40. The summed E-state index contributed by atoms with van der Waals surface area (Å²) in [5.41, 5.74) is -0.674. The van der Waals surface area contributed by atoms with Crippen molar-refractivity contribution in [3.05, 3.63) is 41.0 Å². The van der Waals surface area contributed by atoms with E-state index in [-0.39, 0.29) is 32.7 Å². The van der Waals surface area contributed by atoms with E-state index in [2.05, 4.69) is 9.97 Å². The zero-order valence-corrected chi connectivity index (χ0v) is 17.5. The smallest absolute Gasteiger partial charge is 0.311 e. The van der Waals surface area contributed by atoms with E-state index in [0.29, 0.717) is 15.0 Å². The second-order valence-corrected chi connectivity index (χ2v) is 10.0. The molecule has 0 fully saturated rings. The SMILES string of the molecule is CCS(=O)(=O)c1c(-c2nc3cc(C(F)(F)F)cnc3n2C)sc2cccc(Cl)c12. The van der Waals surface area contributed by atoms with Crippen molar-refractivity contribution in [2.24, 2.45) is 7.05 Å². The Bertz CT molecular complexity index is 1370. The minimum atomic E-state index is -4.55. The summed E-state index contributed by atoms with van der Waals surface area (Å²) in [7, 11) is -2.11. The maximum atomic E-state index is 13.0. The Balaban J connectivity index is 2.07. The van der Waals surface area contributed by atoms with Gasteiger partial charge in [0.1, 0.15) is 5.52 Å². The highest BCUT2D eigenvalue weighted by molar-refractivity contribution is 7.92. The van der Waals surface area contributed by atoms with Crippen LogP contribution in [0.2, 0.25) is 5.02 Å². The summed E-state index contributed by atoms with van der Waals surface area (Å²) in [4.78, 5) is 8.54. The van der Waals surface area contributed by atoms with E-state index in [9.17, 15) is 21.6 Å². The molecule has 4 rings (SSSR count). The van der Waals surface area contributed by atoms with Crippen LogP contribution in [-0.4, -0.2) is 28.7 Å². The molecule has 4 aromatic rings. The molecule has 0 saturated heterocycles. The fraction of sp³-hybridized carbons (Fsp3) is 0.222. The first-order valence-corrected chi connectivity index (χ1v) is 11.2. The number of halogens is 4. The van der Waals surface area contributed by atoms with Gasteiger partial charge in [0, 0.05) is 23.3 Å². The summed E-state index contributed by atoms with van der Waals surface area (Å²) < 4.78 is 67.0. The summed E-state index contributed by atoms with van der Waals surface area (Å²) in [6.45, 7) is 1.52. The number of thiophene rings is 1. The van der Waals surface area contributed by atoms with Gasteiger partial charge in [0.15, 0.2) is 21.3 Å². The lowest BCUT2D eigenvalue weighted by Gasteiger charge is -2.06. The predicted octanol–water partition coefficient (Wildman–Crippen LogP) is 5.32. The van der Waals surface area contributed by atoms with Gasteiger partial charge in [0.2, 0.25) is 0 Å². The van der Waals surface area contributed by atoms with Crippen LogP contribution in [0.4, 0.5) is 13.2 Å². The highest BCUT2D eigenvalue weighted by Gasteiger charge is 2.33. The van der Waals surface area contributed by atoms with Crippen molar-refractivity contribution in [3.63, 3.8) is 0 Å². The summed E-state index contributed by atoms with van der Waals surface area (Å²) in [6, 6.07) is 5.95. The van der Waals surface area contributed by atoms with Crippen molar-refractivity contribution >= 4 is 54.0 Å². The van der Waals surface area contributed by atoms with E-state index in [4.69, 9.17) is 11.6 Å². The number of benzene rings is 1. The average molecular weight is 460 g/mol. The highest BCUT2D eigenvalue weighted by atomic mass is 35.5.